The Balaban J connectivity index is 3.91. The third kappa shape index (κ3) is 6.61. The quantitative estimate of drug-likeness (QED) is 0.547. The maximum absolute atomic E-state index is 11.5. The molecule has 0 unspecified atom stereocenters. The van der Waals surface area contributed by atoms with Crippen LogP contribution < -0.4 is 0 Å². The van der Waals surface area contributed by atoms with Crippen molar-refractivity contribution in [3.05, 3.63) is 0 Å². The van der Waals surface area contributed by atoms with Crippen molar-refractivity contribution in [2.24, 2.45) is 5.41 Å². The molecule has 0 saturated carbocycles. The van der Waals surface area contributed by atoms with Gasteiger partial charge in [0.05, 0.1) is 12.4 Å². The normalized spacial score (nSPS) is 11.0. The van der Waals surface area contributed by atoms with E-state index in [1.165, 1.54) is 0 Å². The lowest BCUT2D eigenvalue weighted by Crippen LogP contribution is -2.19. The van der Waals surface area contributed by atoms with Crippen LogP contribution in [-0.2, 0) is 19.1 Å². The molecule has 0 amide bonds. The van der Waals surface area contributed by atoms with Crippen molar-refractivity contribution < 1.29 is 19.1 Å². The van der Waals surface area contributed by atoms with Crippen molar-refractivity contribution in [3.63, 3.8) is 0 Å². The van der Waals surface area contributed by atoms with Crippen LogP contribution in [0.3, 0.4) is 0 Å². The van der Waals surface area contributed by atoms with Crippen molar-refractivity contribution in [2.75, 3.05) is 12.4 Å². The Hall–Kier alpha value is -0.840. The summed E-state index contributed by atoms with van der Waals surface area (Å²) in [6.45, 7) is 7.31. The molecule has 0 atom stereocenters. The predicted octanol–water partition coefficient (Wildman–Crippen LogP) is 1.81. The number of rotatable bonds is 5. The lowest BCUT2D eigenvalue weighted by molar-refractivity contribution is -0.145. The van der Waals surface area contributed by atoms with E-state index in [2.05, 4.69) is 4.74 Å². The number of ketones is 1. The number of carbonyl (C=O) groups excluding carboxylic acids is 3. The minimum absolute atomic E-state index is 0.0366. The minimum Gasteiger partial charge on any atom is -0.466 e. The van der Waals surface area contributed by atoms with Gasteiger partial charge < -0.3 is 4.74 Å². The molecular formula is C11H18O4S. The molecule has 5 heteroatoms. The summed E-state index contributed by atoms with van der Waals surface area (Å²) in [5, 5.41) is -0.0512. The summed E-state index contributed by atoms with van der Waals surface area (Å²) in [4.78, 5) is 33.7. The van der Waals surface area contributed by atoms with Gasteiger partial charge in [-0.3, -0.25) is 14.4 Å². The topological polar surface area (TPSA) is 60.4 Å². The van der Waals surface area contributed by atoms with Crippen molar-refractivity contribution >= 4 is 28.6 Å². The number of thioether (sulfide) groups is 1. The summed E-state index contributed by atoms with van der Waals surface area (Å²) < 4.78 is 4.63. The van der Waals surface area contributed by atoms with Crippen LogP contribution in [0.5, 0.6) is 0 Å². The van der Waals surface area contributed by atoms with Crippen LogP contribution in [-0.4, -0.2) is 29.2 Å². The van der Waals surface area contributed by atoms with E-state index in [0.29, 0.717) is 0 Å². The zero-order valence-electron chi connectivity index (χ0n) is 10.2. The van der Waals surface area contributed by atoms with Gasteiger partial charge in [-0.15, -0.1) is 0 Å². The van der Waals surface area contributed by atoms with Crippen LogP contribution in [0.2, 0.25) is 0 Å². The lowest BCUT2D eigenvalue weighted by Gasteiger charge is -2.14. The molecule has 0 aromatic carbocycles. The van der Waals surface area contributed by atoms with Gasteiger partial charge in [0.1, 0.15) is 6.42 Å². The molecular weight excluding hydrogens is 228 g/mol. The van der Waals surface area contributed by atoms with E-state index in [1.54, 1.807) is 27.7 Å². The van der Waals surface area contributed by atoms with Crippen LogP contribution in [0.1, 0.15) is 34.1 Å². The molecule has 0 aromatic heterocycles. The number of hydrogen-bond donors (Lipinski definition) is 0. The second-order valence-corrected chi connectivity index (χ2v) is 5.29. The highest BCUT2D eigenvalue weighted by Gasteiger charge is 2.23. The number of ether oxygens (including phenoxy) is 1. The lowest BCUT2D eigenvalue weighted by atomic mass is 10.00. The summed E-state index contributed by atoms with van der Waals surface area (Å²) in [6, 6.07) is 0. The van der Waals surface area contributed by atoms with Gasteiger partial charge in [-0.05, 0) is 6.92 Å². The van der Waals surface area contributed by atoms with Gasteiger partial charge in [0, 0.05) is 5.41 Å². The summed E-state index contributed by atoms with van der Waals surface area (Å²) in [5.74, 6) is -0.771. The second kappa shape index (κ2) is 6.68. The van der Waals surface area contributed by atoms with E-state index in [0.717, 1.165) is 11.8 Å². The average molecular weight is 246 g/mol. The smallest absolute Gasteiger partial charge is 0.313 e. The van der Waals surface area contributed by atoms with Crippen LogP contribution in [0.25, 0.3) is 0 Å². The van der Waals surface area contributed by atoms with Crippen LogP contribution >= 0.6 is 11.8 Å². The molecule has 0 fully saturated rings. The van der Waals surface area contributed by atoms with Crippen molar-refractivity contribution in [3.8, 4) is 0 Å². The molecule has 0 saturated heterocycles. The van der Waals surface area contributed by atoms with Gasteiger partial charge in [-0.1, -0.05) is 32.5 Å². The first-order chi connectivity index (χ1) is 7.27. The molecule has 0 bridgehead atoms. The van der Waals surface area contributed by atoms with Crippen molar-refractivity contribution in [1.82, 2.24) is 0 Å². The van der Waals surface area contributed by atoms with Gasteiger partial charge in [-0.2, -0.15) is 0 Å². The molecule has 0 aliphatic rings. The zero-order chi connectivity index (χ0) is 12.8. The first kappa shape index (κ1) is 15.2. The summed E-state index contributed by atoms with van der Waals surface area (Å²) >= 11 is 0.955. The Morgan fingerprint density at radius 2 is 1.75 bits per heavy atom. The van der Waals surface area contributed by atoms with Crippen LogP contribution in [0.4, 0.5) is 0 Å². The highest BCUT2D eigenvalue weighted by molar-refractivity contribution is 8.14. The monoisotopic (exact) mass is 246 g/mol. The van der Waals surface area contributed by atoms with Crippen molar-refractivity contribution in [1.29, 1.82) is 0 Å². The maximum Gasteiger partial charge on any atom is 0.313 e. The van der Waals surface area contributed by atoms with Gasteiger partial charge in [0.25, 0.3) is 0 Å². The molecule has 0 aromatic rings. The fourth-order valence-corrected chi connectivity index (χ4v) is 1.61. The Morgan fingerprint density at radius 3 is 2.19 bits per heavy atom. The van der Waals surface area contributed by atoms with E-state index in [-0.39, 0.29) is 29.7 Å². The van der Waals surface area contributed by atoms with Crippen LogP contribution in [0.15, 0.2) is 0 Å². The number of Topliss-reactive ketones (excluding diaryl/α,β-unsaturated/α-hetero) is 1. The van der Waals surface area contributed by atoms with Gasteiger partial charge >= 0.3 is 5.97 Å². The fourth-order valence-electron chi connectivity index (χ4n) is 0.787. The van der Waals surface area contributed by atoms with Gasteiger partial charge in [-0.25, -0.2) is 0 Å². The summed E-state index contributed by atoms with van der Waals surface area (Å²) in [5.41, 5.74) is -0.463. The largest absolute Gasteiger partial charge is 0.466 e. The number of hydrogen-bond acceptors (Lipinski definition) is 5. The number of esters is 1. The first-order valence-electron chi connectivity index (χ1n) is 5.12. The Morgan fingerprint density at radius 1 is 1.19 bits per heavy atom. The van der Waals surface area contributed by atoms with E-state index in [9.17, 15) is 14.4 Å². The second-order valence-electron chi connectivity index (χ2n) is 4.35. The fraction of sp³-hybridized carbons (Fsp3) is 0.727. The standard InChI is InChI=1S/C11H18O4S/c1-5-15-9(13)6-8(12)7-16-10(14)11(2,3)4/h5-7H2,1-4H3. The van der Waals surface area contributed by atoms with Gasteiger partial charge in [0.2, 0.25) is 0 Å². The Bertz CT molecular complexity index is 278. The highest BCUT2D eigenvalue weighted by Crippen LogP contribution is 2.22. The minimum atomic E-state index is -0.531. The first-order valence-corrected chi connectivity index (χ1v) is 6.10. The molecule has 0 spiro atoms. The van der Waals surface area contributed by atoms with E-state index in [1.807, 2.05) is 0 Å². The van der Waals surface area contributed by atoms with Crippen molar-refractivity contribution in [2.45, 2.75) is 34.1 Å². The Labute approximate surface area is 100 Å². The molecule has 0 heterocycles. The molecule has 0 rings (SSSR count). The average Bonchev–Trinajstić information content (AvgIpc) is 2.12. The molecule has 0 aliphatic heterocycles. The number of carbonyl (C=O) groups is 3. The predicted molar refractivity (Wildman–Crippen MR) is 63.2 cm³/mol. The Kier molecular flexibility index (Phi) is 6.33. The maximum atomic E-state index is 11.5. The molecule has 0 aliphatic carbocycles. The van der Waals surface area contributed by atoms with E-state index < -0.39 is 11.4 Å². The molecule has 0 radical (unpaired) electrons. The van der Waals surface area contributed by atoms with E-state index in [4.69, 9.17) is 0 Å². The van der Waals surface area contributed by atoms with Gasteiger partial charge in [0.15, 0.2) is 10.9 Å². The van der Waals surface area contributed by atoms with E-state index >= 15 is 0 Å². The SMILES string of the molecule is CCOC(=O)CC(=O)CSC(=O)C(C)(C)C. The third-order valence-electron chi connectivity index (χ3n) is 1.62. The van der Waals surface area contributed by atoms with Crippen LogP contribution in [0, 0.1) is 5.41 Å². The molecule has 16 heavy (non-hydrogen) atoms. The molecule has 0 N–H and O–H groups in total. The molecule has 4 nitrogen and oxygen atoms in total. The summed E-state index contributed by atoms with van der Waals surface area (Å²) in [7, 11) is 0. The summed E-state index contributed by atoms with van der Waals surface area (Å²) in [6.07, 6.45) is -0.252. The highest BCUT2D eigenvalue weighted by atomic mass is 32.2. The third-order valence-corrected chi connectivity index (χ3v) is 2.96. The molecule has 92 valence electrons. The zero-order valence-corrected chi connectivity index (χ0v) is 11.0.